The molecule has 2 aromatic rings. The number of nitrogens with one attached hydrogen (secondary N) is 1. The van der Waals surface area contributed by atoms with E-state index in [1.807, 2.05) is 12.1 Å². The van der Waals surface area contributed by atoms with E-state index in [1.165, 1.54) is 0 Å². The van der Waals surface area contributed by atoms with Crippen LogP contribution in [0.1, 0.15) is 31.0 Å². The summed E-state index contributed by atoms with van der Waals surface area (Å²) >= 11 is 0. The van der Waals surface area contributed by atoms with Gasteiger partial charge in [0.1, 0.15) is 6.04 Å². The maximum Gasteiger partial charge on any atom is 0.409 e. The summed E-state index contributed by atoms with van der Waals surface area (Å²) in [6.45, 7) is 4.96. The molecule has 0 aromatic heterocycles. The molecule has 0 spiro atoms. The summed E-state index contributed by atoms with van der Waals surface area (Å²) in [7, 11) is 0. The summed E-state index contributed by atoms with van der Waals surface area (Å²) in [4.78, 5) is 11.9. The molecule has 1 N–H and O–H groups in total. The van der Waals surface area contributed by atoms with Gasteiger partial charge in [0, 0.05) is 6.54 Å². The molecule has 3 nitrogen and oxygen atoms in total. The summed E-state index contributed by atoms with van der Waals surface area (Å²) in [5.41, 5.74) is 2.26. The summed E-state index contributed by atoms with van der Waals surface area (Å²) in [6.07, 6.45) is -4.50. The van der Waals surface area contributed by atoms with Crippen LogP contribution in [0.3, 0.4) is 0 Å². The minimum Gasteiger partial charge on any atom is -0.287 e. The maximum absolute atomic E-state index is 13.8. The van der Waals surface area contributed by atoms with Crippen LogP contribution in [-0.2, 0) is 4.79 Å². The van der Waals surface area contributed by atoms with Crippen LogP contribution in [0.25, 0.3) is 10.8 Å². The lowest BCUT2D eigenvalue weighted by Crippen LogP contribution is -2.43. The molecule has 24 heavy (non-hydrogen) atoms. The van der Waals surface area contributed by atoms with E-state index in [-0.39, 0.29) is 12.1 Å². The minimum atomic E-state index is -4.50. The van der Waals surface area contributed by atoms with Crippen molar-refractivity contribution in [2.24, 2.45) is 5.41 Å². The fraction of sp³-hybridized carbons (Fsp3) is 0.389. The number of halogens is 3. The number of rotatable bonds is 2. The lowest BCUT2D eigenvalue weighted by Gasteiger charge is -2.31. The first-order valence-corrected chi connectivity index (χ1v) is 7.73. The molecule has 2 aromatic carbocycles. The first-order chi connectivity index (χ1) is 11.1. The van der Waals surface area contributed by atoms with Crippen molar-refractivity contribution in [3.63, 3.8) is 0 Å². The molecule has 128 valence electrons. The molecule has 0 bridgehead atoms. The van der Waals surface area contributed by atoms with Crippen LogP contribution in [0, 0.1) is 12.3 Å². The summed E-state index contributed by atoms with van der Waals surface area (Å²) in [5, 5.41) is 2.65. The van der Waals surface area contributed by atoms with Crippen LogP contribution in [0.5, 0.6) is 0 Å². The topological polar surface area (TPSA) is 32.3 Å². The Labute approximate surface area is 138 Å². The van der Waals surface area contributed by atoms with Crippen LogP contribution in [0.2, 0.25) is 0 Å². The van der Waals surface area contributed by atoms with Crippen molar-refractivity contribution in [3.05, 3.63) is 47.5 Å². The molecule has 0 radical (unpaired) electrons. The predicted molar refractivity (Wildman–Crippen MR) is 86.1 cm³/mol. The Hall–Kier alpha value is -2.08. The molecule has 1 amide bonds. The van der Waals surface area contributed by atoms with Crippen LogP contribution in [0.4, 0.5) is 13.2 Å². The standard InChI is InChI=1S/C18H19F3N2O/c1-11-8-12-6-4-5-7-13(12)9-14(11)15(18(19,20)21)23-10-17(2,3)16(24)22-23/h4-9,15H,10H2,1-3H3,(H,22,24). The van der Waals surface area contributed by atoms with Gasteiger partial charge in [-0.25, -0.2) is 5.01 Å². The van der Waals surface area contributed by atoms with Crippen molar-refractivity contribution >= 4 is 16.7 Å². The van der Waals surface area contributed by atoms with Crippen molar-refractivity contribution < 1.29 is 18.0 Å². The third-order valence-electron chi connectivity index (χ3n) is 4.48. The Morgan fingerprint density at radius 3 is 2.25 bits per heavy atom. The predicted octanol–water partition coefficient (Wildman–Crippen LogP) is 4.12. The molecule has 0 aliphatic carbocycles. The number of alkyl halides is 3. The second kappa shape index (κ2) is 5.48. The average molecular weight is 336 g/mol. The van der Waals surface area contributed by atoms with Gasteiger partial charge in [0.25, 0.3) is 0 Å². The quantitative estimate of drug-likeness (QED) is 0.894. The zero-order chi connectivity index (χ0) is 17.7. The molecular weight excluding hydrogens is 317 g/mol. The van der Waals surface area contributed by atoms with E-state index in [1.54, 1.807) is 45.0 Å². The number of hydrogen-bond donors (Lipinski definition) is 1. The summed E-state index contributed by atoms with van der Waals surface area (Å²) < 4.78 is 41.5. The van der Waals surface area contributed by atoms with Gasteiger partial charge in [-0.05, 0) is 48.7 Å². The maximum atomic E-state index is 13.8. The van der Waals surface area contributed by atoms with Gasteiger partial charge in [-0.1, -0.05) is 30.3 Å². The molecule has 1 unspecified atom stereocenters. The fourth-order valence-electron chi connectivity index (χ4n) is 3.16. The number of nitrogens with zero attached hydrogens (tertiary/aromatic N) is 1. The highest BCUT2D eigenvalue weighted by atomic mass is 19.4. The van der Waals surface area contributed by atoms with E-state index in [9.17, 15) is 18.0 Å². The van der Waals surface area contributed by atoms with Gasteiger partial charge < -0.3 is 0 Å². The molecule has 1 aliphatic heterocycles. The SMILES string of the molecule is Cc1cc2ccccc2cc1C(N1CC(C)(C)C(=O)N1)C(F)(F)F. The number of fused-ring (bicyclic) bond motifs is 1. The molecule has 1 atom stereocenters. The number of hydrogen-bond acceptors (Lipinski definition) is 2. The van der Waals surface area contributed by atoms with Crippen molar-refractivity contribution in [2.45, 2.75) is 33.0 Å². The molecule has 1 aliphatic rings. The normalized spacial score (nSPS) is 19.5. The Morgan fingerprint density at radius 1 is 1.17 bits per heavy atom. The number of carbonyl (C=O) groups is 1. The Bertz CT molecular complexity index is 798. The minimum absolute atomic E-state index is 0.00226. The van der Waals surface area contributed by atoms with E-state index in [0.717, 1.165) is 15.8 Å². The van der Waals surface area contributed by atoms with Gasteiger partial charge >= 0.3 is 6.18 Å². The highest BCUT2D eigenvalue weighted by Gasteiger charge is 2.51. The molecule has 1 heterocycles. The zero-order valence-corrected chi connectivity index (χ0v) is 13.7. The van der Waals surface area contributed by atoms with Crippen molar-refractivity contribution in [1.82, 2.24) is 10.4 Å². The van der Waals surface area contributed by atoms with Gasteiger partial charge in [0.2, 0.25) is 5.91 Å². The highest BCUT2D eigenvalue weighted by Crippen LogP contribution is 2.42. The van der Waals surface area contributed by atoms with Crippen molar-refractivity contribution in [2.75, 3.05) is 6.54 Å². The molecule has 6 heteroatoms. The number of hydrazine groups is 1. The zero-order valence-electron chi connectivity index (χ0n) is 13.7. The van der Waals surface area contributed by atoms with Crippen LogP contribution in [0.15, 0.2) is 36.4 Å². The smallest absolute Gasteiger partial charge is 0.287 e. The van der Waals surface area contributed by atoms with E-state index >= 15 is 0 Å². The highest BCUT2D eigenvalue weighted by molar-refractivity contribution is 5.85. The Balaban J connectivity index is 2.11. The van der Waals surface area contributed by atoms with Gasteiger partial charge in [-0.2, -0.15) is 13.2 Å². The van der Waals surface area contributed by atoms with Crippen LogP contribution in [-0.4, -0.2) is 23.6 Å². The van der Waals surface area contributed by atoms with Crippen molar-refractivity contribution in [3.8, 4) is 0 Å². The molecule has 0 saturated carbocycles. The second-order valence-electron chi connectivity index (χ2n) is 6.95. The van der Waals surface area contributed by atoms with Crippen molar-refractivity contribution in [1.29, 1.82) is 0 Å². The molecule has 1 fully saturated rings. The first kappa shape index (κ1) is 16.8. The monoisotopic (exact) mass is 336 g/mol. The molecule has 1 saturated heterocycles. The summed E-state index contributed by atoms with van der Waals surface area (Å²) in [6, 6.07) is 8.77. The third kappa shape index (κ3) is 2.86. The Kier molecular flexibility index (Phi) is 3.83. The lowest BCUT2D eigenvalue weighted by atomic mass is 9.92. The van der Waals surface area contributed by atoms with E-state index in [4.69, 9.17) is 0 Å². The van der Waals surface area contributed by atoms with Crippen LogP contribution < -0.4 is 5.43 Å². The first-order valence-electron chi connectivity index (χ1n) is 7.73. The summed E-state index contributed by atoms with van der Waals surface area (Å²) in [5.74, 6) is -0.393. The second-order valence-corrected chi connectivity index (χ2v) is 6.95. The largest absolute Gasteiger partial charge is 0.409 e. The van der Waals surface area contributed by atoms with E-state index in [2.05, 4.69) is 5.43 Å². The fourth-order valence-corrected chi connectivity index (χ4v) is 3.16. The third-order valence-corrected chi connectivity index (χ3v) is 4.48. The number of benzene rings is 2. The number of aryl methyl sites for hydroxylation is 1. The average Bonchev–Trinajstić information content (AvgIpc) is 2.71. The number of amides is 1. The van der Waals surface area contributed by atoms with E-state index < -0.39 is 23.5 Å². The van der Waals surface area contributed by atoms with Gasteiger partial charge in [0.15, 0.2) is 0 Å². The number of carbonyl (C=O) groups excluding carboxylic acids is 1. The Morgan fingerprint density at radius 2 is 1.75 bits per heavy atom. The molecule has 3 rings (SSSR count). The van der Waals surface area contributed by atoms with Gasteiger partial charge in [0.05, 0.1) is 5.41 Å². The van der Waals surface area contributed by atoms with Crippen LogP contribution >= 0.6 is 0 Å². The molecular formula is C18H19F3N2O. The van der Waals surface area contributed by atoms with Gasteiger partial charge in [-0.15, -0.1) is 0 Å². The van der Waals surface area contributed by atoms with Gasteiger partial charge in [-0.3, -0.25) is 10.2 Å². The van der Waals surface area contributed by atoms with E-state index in [0.29, 0.717) is 5.56 Å². The lowest BCUT2D eigenvalue weighted by molar-refractivity contribution is -0.191.